The second-order valence-electron chi connectivity index (χ2n) is 4.51. The Hall–Kier alpha value is -1.35. The lowest BCUT2D eigenvalue weighted by molar-refractivity contribution is -0.117. The smallest absolute Gasteiger partial charge is 0.240 e. The number of aryl methyl sites for hydroxylation is 1. The molecule has 0 saturated heterocycles. The fourth-order valence-electron chi connectivity index (χ4n) is 1.69. The quantitative estimate of drug-likeness (QED) is 0.848. The molecule has 17 heavy (non-hydrogen) atoms. The predicted octanol–water partition coefficient (Wildman–Crippen LogP) is 2.35. The van der Waals surface area contributed by atoms with E-state index >= 15 is 0 Å². The molecule has 0 unspecified atom stereocenters. The van der Waals surface area contributed by atoms with Crippen molar-refractivity contribution >= 4 is 11.6 Å². The van der Waals surface area contributed by atoms with Gasteiger partial charge in [-0.1, -0.05) is 26.0 Å². The summed E-state index contributed by atoms with van der Waals surface area (Å²) in [5.74, 6) is 0.117. The maximum Gasteiger partial charge on any atom is 0.240 e. The zero-order chi connectivity index (χ0) is 12.8. The Labute approximate surface area is 104 Å². The third kappa shape index (κ3) is 4.19. The van der Waals surface area contributed by atoms with Gasteiger partial charge in [-0.3, -0.25) is 4.79 Å². The lowest BCUT2D eigenvalue weighted by Gasteiger charge is -2.22. The summed E-state index contributed by atoms with van der Waals surface area (Å²) >= 11 is 0. The van der Waals surface area contributed by atoms with Gasteiger partial charge in [-0.25, -0.2) is 0 Å². The third-order valence-electron chi connectivity index (χ3n) is 2.59. The van der Waals surface area contributed by atoms with E-state index in [2.05, 4.69) is 5.32 Å². The van der Waals surface area contributed by atoms with Crippen LogP contribution in [0.15, 0.2) is 24.3 Å². The predicted molar refractivity (Wildman–Crippen MR) is 72.3 cm³/mol. The number of rotatable bonds is 5. The Morgan fingerprint density at radius 1 is 1.41 bits per heavy atom. The van der Waals surface area contributed by atoms with E-state index in [-0.39, 0.29) is 5.91 Å². The van der Waals surface area contributed by atoms with Crippen LogP contribution in [-0.2, 0) is 4.79 Å². The highest BCUT2D eigenvalue weighted by Crippen LogP contribution is 2.15. The highest BCUT2D eigenvalue weighted by atomic mass is 16.2. The maximum absolute atomic E-state index is 12.1. The zero-order valence-electron chi connectivity index (χ0n) is 11.2. The molecule has 0 aromatic heterocycles. The van der Waals surface area contributed by atoms with Crippen molar-refractivity contribution in [3.05, 3.63) is 29.8 Å². The molecule has 1 aromatic carbocycles. The molecule has 0 heterocycles. The average molecular weight is 234 g/mol. The Balaban J connectivity index is 2.74. The Bertz CT molecular complexity index is 374. The highest BCUT2D eigenvalue weighted by Gasteiger charge is 2.13. The molecule has 0 atom stereocenters. The Morgan fingerprint density at radius 3 is 2.65 bits per heavy atom. The number of hydrogen-bond donors (Lipinski definition) is 1. The van der Waals surface area contributed by atoms with Crippen LogP contribution in [0.1, 0.15) is 26.3 Å². The van der Waals surface area contributed by atoms with Crippen LogP contribution in [0.2, 0.25) is 0 Å². The van der Waals surface area contributed by atoms with Crippen molar-refractivity contribution < 1.29 is 4.79 Å². The number of benzene rings is 1. The van der Waals surface area contributed by atoms with Gasteiger partial charge in [0.05, 0.1) is 6.54 Å². The molecule has 1 rings (SSSR count). The van der Waals surface area contributed by atoms with Crippen LogP contribution in [0.4, 0.5) is 5.69 Å². The lowest BCUT2D eigenvalue weighted by atomic mass is 10.2. The molecular formula is C14H22N2O. The minimum atomic E-state index is 0.117. The van der Waals surface area contributed by atoms with Gasteiger partial charge < -0.3 is 10.2 Å². The molecule has 3 nitrogen and oxygen atoms in total. The number of nitrogens with one attached hydrogen (secondary N) is 1. The van der Waals surface area contributed by atoms with Crippen LogP contribution in [-0.4, -0.2) is 25.0 Å². The van der Waals surface area contributed by atoms with E-state index in [1.165, 1.54) is 5.56 Å². The van der Waals surface area contributed by atoms with Gasteiger partial charge in [0.2, 0.25) is 5.91 Å². The van der Waals surface area contributed by atoms with Gasteiger partial charge in [-0.2, -0.15) is 0 Å². The number of anilines is 1. The van der Waals surface area contributed by atoms with Crippen molar-refractivity contribution in [3.8, 4) is 0 Å². The molecule has 1 N–H and O–H groups in total. The standard InChI is InChI=1S/C14H22N2O/c1-5-16(14(17)10-15-11(2)3)13-8-6-7-12(4)9-13/h6-9,11,15H,5,10H2,1-4H3. The maximum atomic E-state index is 12.1. The number of carbonyl (C=O) groups excluding carboxylic acids is 1. The fraction of sp³-hybridized carbons (Fsp3) is 0.500. The SMILES string of the molecule is CCN(C(=O)CNC(C)C)c1cccc(C)c1. The monoisotopic (exact) mass is 234 g/mol. The summed E-state index contributed by atoms with van der Waals surface area (Å²) in [6.07, 6.45) is 0. The number of likely N-dealkylation sites (N-methyl/N-ethyl adjacent to an activating group) is 1. The minimum Gasteiger partial charge on any atom is -0.312 e. The first-order valence-electron chi connectivity index (χ1n) is 6.15. The fourth-order valence-corrected chi connectivity index (χ4v) is 1.69. The van der Waals surface area contributed by atoms with Crippen LogP contribution in [0.3, 0.4) is 0 Å². The second kappa shape index (κ2) is 6.40. The topological polar surface area (TPSA) is 32.3 Å². The highest BCUT2D eigenvalue weighted by molar-refractivity contribution is 5.94. The van der Waals surface area contributed by atoms with Gasteiger partial charge in [-0.15, -0.1) is 0 Å². The molecule has 0 bridgehead atoms. The molecule has 1 aromatic rings. The number of carbonyl (C=O) groups is 1. The molecule has 0 aliphatic rings. The van der Waals surface area contributed by atoms with Crippen LogP contribution >= 0.6 is 0 Å². The van der Waals surface area contributed by atoms with Crippen molar-refractivity contribution in [1.82, 2.24) is 5.32 Å². The normalized spacial score (nSPS) is 10.6. The molecule has 94 valence electrons. The summed E-state index contributed by atoms with van der Waals surface area (Å²) in [6, 6.07) is 8.36. The minimum absolute atomic E-state index is 0.117. The summed E-state index contributed by atoms with van der Waals surface area (Å²) < 4.78 is 0. The molecular weight excluding hydrogens is 212 g/mol. The molecule has 0 radical (unpaired) electrons. The summed E-state index contributed by atoms with van der Waals surface area (Å²) in [7, 11) is 0. The van der Waals surface area contributed by atoms with Gasteiger partial charge >= 0.3 is 0 Å². The summed E-state index contributed by atoms with van der Waals surface area (Å²) in [5.41, 5.74) is 2.15. The van der Waals surface area contributed by atoms with E-state index in [0.29, 0.717) is 19.1 Å². The number of amides is 1. The number of nitrogens with zero attached hydrogens (tertiary/aromatic N) is 1. The van der Waals surface area contributed by atoms with Gasteiger partial charge in [0.1, 0.15) is 0 Å². The molecule has 1 amide bonds. The van der Waals surface area contributed by atoms with E-state index in [9.17, 15) is 4.79 Å². The zero-order valence-corrected chi connectivity index (χ0v) is 11.2. The van der Waals surface area contributed by atoms with Crippen molar-refractivity contribution in [1.29, 1.82) is 0 Å². The summed E-state index contributed by atoms with van der Waals surface area (Å²) in [6.45, 7) is 9.19. The summed E-state index contributed by atoms with van der Waals surface area (Å²) in [5, 5.41) is 3.15. The van der Waals surface area contributed by atoms with Crippen LogP contribution < -0.4 is 10.2 Å². The van der Waals surface area contributed by atoms with E-state index in [1.807, 2.05) is 56.9 Å². The van der Waals surface area contributed by atoms with E-state index in [0.717, 1.165) is 5.69 Å². The molecule has 3 heteroatoms. The Morgan fingerprint density at radius 2 is 2.12 bits per heavy atom. The number of hydrogen-bond acceptors (Lipinski definition) is 2. The van der Waals surface area contributed by atoms with Crippen molar-refractivity contribution in [2.45, 2.75) is 33.7 Å². The summed E-state index contributed by atoms with van der Waals surface area (Å²) in [4.78, 5) is 13.9. The molecule has 0 saturated carbocycles. The van der Waals surface area contributed by atoms with Crippen molar-refractivity contribution in [2.24, 2.45) is 0 Å². The van der Waals surface area contributed by atoms with Crippen LogP contribution in [0.5, 0.6) is 0 Å². The van der Waals surface area contributed by atoms with Gasteiger partial charge in [-0.05, 0) is 31.5 Å². The van der Waals surface area contributed by atoms with Gasteiger partial charge in [0.15, 0.2) is 0 Å². The second-order valence-corrected chi connectivity index (χ2v) is 4.51. The first-order chi connectivity index (χ1) is 8.04. The van der Waals surface area contributed by atoms with E-state index in [4.69, 9.17) is 0 Å². The van der Waals surface area contributed by atoms with Crippen LogP contribution in [0, 0.1) is 6.92 Å². The molecule has 0 fully saturated rings. The van der Waals surface area contributed by atoms with Gasteiger partial charge in [0.25, 0.3) is 0 Å². The van der Waals surface area contributed by atoms with Crippen molar-refractivity contribution in [2.75, 3.05) is 18.0 Å². The first-order valence-corrected chi connectivity index (χ1v) is 6.15. The molecule has 0 aliphatic heterocycles. The van der Waals surface area contributed by atoms with Gasteiger partial charge in [0, 0.05) is 18.3 Å². The first kappa shape index (κ1) is 13.7. The van der Waals surface area contributed by atoms with E-state index < -0.39 is 0 Å². The van der Waals surface area contributed by atoms with E-state index in [1.54, 1.807) is 0 Å². The third-order valence-corrected chi connectivity index (χ3v) is 2.59. The molecule has 0 aliphatic carbocycles. The van der Waals surface area contributed by atoms with Crippen molar-refractivity contribution in [3.63, 3.8) is 0 Å². The average Bonchev–Trinajstić information content (AvgIpc) is 2.27. The largest absolute Gasteiger partial charge is 0.312 e. The molecule has 0 spiro atoms. The Kier molecular flexibility index (Phi) is 5.16. The van der Waals surface area contributed by atoms with Crippen LogP contribution in [0.25, 0.3) is 0 Å². The lowest BCUT2D eigenvalue weighted by Crippen LogP contribution is -2.40.